The third-order valence-corrected chi connectivity index (χ3v) is 12.6. The number of aryl methyl sites for hydroxylation is 8. The first-order valence-electron chi connectivity index (χ1n) is 21.9. The lowest BCUT2D eigenvalue weighted by molar-refractivity contribution is 0.656. The largest absolute Gasteiger partial charge is 0.456 e. The van der Waals surface area contributed by atoms with Gasteiger partial charge in [-0.05, 0) is 219 Å². The predicted molar refractivity (Wildman–Crippen MR) is 268 cm³/mol. The molecule has 64 heavy (non-hydrogen) atoms. The van der Waals surface area contributed by atoms with Crippen LogP contribution in [0.2, 0.25) is 0 Å². The van der Waals surface area contributed by atoms with Crippen LogP contribution in [0.5, 0.6) is 0 Å². The highest BCUT2D eigenvalue weighted by atomic mass is 16.3. The molecule has 11 aromatic rings. The van der Waals surface area contributed by atoms with Gasteiger partial charge < -0.3 is 18.6 Å². The molecule has 0 saturated carbocycles. The van der Waals surface area contributed by atoms with Crippen LogP contribution >= 0.6 is 0 Å². The van der Waals surface area contributed by atoms with Crippen LogP contribution < -0.4 is 9.80 Å². The van der Waals surface area contributed by atoms with Gasteiger partial charge in [-0.2, -0.15) is 5.26 Å². The van der Waals surface area contributed by atoms with E-state index < -0.39 is 0 Å². The van der Waals surface area contributed by atoms with Crippen molar-refractivity contribution in [1.29, 1.82) is 5.26 Å². The molecule has 9 aromatic carbocycles. The molecule has 0 bridgehead atoms. The van der Waals surface area contributed by atoms with Gasteiger partial charge in [-0.1, -0.05) is 36.4 Å². The molecular formula is C59H47N3O2. The second kappa shape index (κ2) is 14.6. The minimum Gasteiger partial charge on any atom is -0.456 e. The molecule has 0 amide bonds. The zero-order chi connectivity index (χ0) is 44.1. The summed E-state index contributed by atoms with van der Waals surface area (Å²) < 4.78 is 13.3. The molecule has 0 aliphatic rings. The Morgan fingerprint density at radius 2 is 0.656 bits per heavy atom. The molecule has 310 valence electrons. The van der Waals surface area contributed by atoms with Crippen LogP contribution in [-0.4, -0.2) is 0 Å². The quantitative estimate of drug-likeness (QED) is 0.167. The fraction of sp³-hybridized carbons (Fsp3) is 0.136. The second-order valence-electron chi connectivity index (χ2n) is 18.1. The molecule has 5 nitrogen and oxygen atoms in total. The first-order chi connectivity index (χ1) is 30.8. The van der Waals surface area contributed by atoms with Gasteiger partial charge in [0.1, 0.15) is 28.4 Å². The summed E-state index contributed by atoms with van der Waals surface area (Å²) in [6, 6.07) is 53.1. The molecule has 0 fully saturated rings. The molecule has 2 heterocycles. The summed E-state index contributed by atoms with van der Waals surface area (Å²) in [6.07, 6.45) is 0. The van der Waals surface area contributed by atoms with Crippen molar-refractivity contribution in [3.05, 3.63) is 190 Å². The van der Waals surface area contributed by atoms with E-state index in [4.69, 9.17) is 8.83 Å². The van der Waals surface area contributed by atoms with Crippen molar-refractivity contribution in [2.45, 2.75) is 55.4 Å². The highest BCUT2D eigenvalue weighted by Crippen LogP contribution is 2.45. The van der Waals surface area contributed by atoms with Gasteiger partial charge in [-0.3, -0.25) is 0 Å². The normalized spacial score (nSPS) is 11.7. The lowest BCUT2D eigenvalue weighted by Crippen LogP contribution is -2.11. The molecule has 5 heteroatoms. The van der Waals surface area contributed by atoms with Crippen molar-refractivity contribution in [2.24, 2.45) is 0 Å². The van der Waals surface area contributed by atoms with Gasteiger partial charge in [0.15, 0.2) is 0 Å². The van der Waals surface area contributed by atoms with Crippen molar-refractivity contribution < 1.29 is 8.83 Å². The van der Waals surface area contributed by atoms with Crippen LogP contribution in [0.4, 0.5) is 34.1 Å². The number of furan rings is 2. The molecule has 2 aromatic heterocycles. The van der Waals surface area contributed by atoms with Crippen LogP contribution in [0.25, 0.3) is 65.4 Å². The van der Waals surface area contributed by atoms with Crippen LogP contribution in [-0.2, 0) is 0 Å². The monoisotopic (exact) mass is 829 g/mol. The molecule has 0 unspecified atom stereocenters. The Morgan fingerprint density at radius 1 is 0.328 bits per heavy atom. The molecule has 0 N–H and O–H groups in total. The van der Waals surface area contributed by atoms with Crippen molar-refractivity contribution in [3.8, 4) is 6.07 Å². The third-order valence-electron chi connectivity index (χ3n) is 12.6. The highest BCUT2D eigenvalue weighted by Gasteiger charge is 2.23. The van der Waals surface area contributed by atoms with E-state index in [2.05, 4.69) is 205 Å². The fourth-order valence-corrected chi connectivity index (χ4v) is 10.3. The minimum absolute atomic E-state index is 0.559. The maximum absolute atomic E-state index is 11.0. The van der Waals surface area contributed by atoms with Crippen molar-refractivity contribution in [1.82, 2.24) is 0 Å². The number of nitriles is 1. The lowest BCUT2D eigenvalue weighted by Gasteiger charge is -2.27. The summed E-state index contributed by atoms with van der Waals surface area (Å²) in [7, 11) is 0. The van der Waals surface area contributed by atoms with Gasteiger partial charge in [0.05, 0.1) is 5.56 Å². The molecule has 0 aliphatic carbocycles. The zero-order valence-corrected chi connectivity index (χ0v) is 37.4. The fourth-order valence-electron chi connectivity index (χ4n) is 10.3. The van der Waals surface area contributed by atoms with Gasteiger partial charge in [0, 0.05) is 61.7 Å². The van der Waals surface area contributed by atoms with E-state index in [9.17, 15) is 5.26 Å². The molecular weight excluding hydrogens is 783 g/mol. The molecule has 11 rings (SSSR count). The summed E-state index contributed by atoms with van der Waals surface area (Å²) in [5.74, 6) is 0. The predicted octanol–water partition coefficient (Wildman–Crippen LogP) is 17.1. The Labute approximate surface area is 373 Å². The van der Waals surface area contributed by atoms with E-state index in [1.54, 1.807) is 0 Å². The maximum Gasteiger partial charge on any atom is 0.140 e. The van der Waals surface area contributed by atoms with E-state index in [0.29, 0.717) is 16.7 Å². The van der Waals surface area contributed by atoms with E-state index in [1.807, 2.05) is 6.07 Å². The Bertz CT molecular complexity index is 3380. The van der Waals surface area contributed by atoms with Crippen LogP contribution in [0, 0.1) is 66.7 Å². The van der Waals surface area contributed by atoms with E-state index in [0.717, 1.165) is 88.4 Å². The van der Waals surface area contributed by atoms with E-state index in [1.165, 1.54) is 44.5 Å². The Balaban J connectivity index is 1.05. The van der Waals surface area contributed by atoms with Crippen molar-refractivity contribution >= 4 is 99.5 Å². The summed E-state index contributed by atoms with van der Waals surface area (Å²) in [5.41, 5.74) is 19.6. The standard InChI is InChI=1S/C59H47N3O2/c1-33-13-34(2)18-47(17-33)61(48-19-35(3)14-36(4)20-48)45-11-9-41-27-51-54(29-43(41)25-45)63-56-31-57-59(53(32-60)58(51)56)52-28-42-10-12-46(26-44(42)30-55(52)64-57)62(49-21-37(5)15-38(6)22-49)50-23-39(7)16-40(8)24-50/h9-31H,1-8H3. The maximum atomic E-state index is 11.0. The summed E-state index contributed by atoms with van der Waals surface area (Å²) in [4.78, 5) is 4.68. The van der Waals surface area contributed by atoms with Gasteiger partial charge in [0.2, 0.25) is 0 Å². The number of nitrogens with zero attached hydrogens (tertiary/aromatic N) is 3. The number of hydrogen-bond donors (Lipinski definition) is 0. The summed E-state index contributed by atoms with van der Waals surface area (Å²) in [5, 5.41) is 18.6. The van der Waals surface area contributed by atoms with E-state index >= 15 is 0 Å². The number of anilines is 6. The highest BCUT2D eigenvalue weighted by molar-refractivity contribution is 6.22. The van der Waals surface area contributed by atoms with Gasteiger partial charge in [-0.25, -0.2) is 0 Å². The smallest absolute Gasteiger partial charge is 0.140 e. The third kappa shape index (κ3) is 6.62. The first-order valence-corrected chi connectivity index (χ1v) is 21.9. The Morgan fingerprint density at radius 3 is 0.969 bits per heavy atom. The van der Waals surface area contributed by atoms with Crippen molar-refractivity contribution in [3.63, 3.8) is 0 Å². The number of rotatable bonds is 6. The lowest BCUT2D eigenvalue weighted by atomic mass is 9.98. The Hall–Kier alpha value is -7.81. The van der Waals surface area contributed by atoms with Gasteiger partial charge >= 0.3 is 0 Å². The van der Waals surface area contributed by atoms with Crippen LogP contribution in [0.15, 0.2) is 148 Å². The minimum atomic E-state index is 0.559. The SMILES string of the molecule is Cc1cc(C)cc(N(c2cc(C)cc(C)c2)c2ccc3cc4c(cc3c2)oc2cc3oc5cc6cc(N(c7cc(C)cc(C)c7)c7cc(C)cc(C)c7)ccc6cc5c3c(C#N)c24)c1. The average Bonchev–Trinajstić information content (AvgIpc) is 3.76. The molecule has 0 atom stereocenters. The number of benzene rings is 9. The second-order valence-corrected chi connectivity index (χ2v) is 18.1. The Kier molecular flexibility index (Phi) is 8.94. The van der Waals surface area contributed by atoms with Crippen molar-refractivity contribution in [2.75, 3.05) is 9.80 Å². The van der Waals surface area contributed by atoms with Gasteiger partial charge in [0.25, 0.3) is 0 Å². The zero-order valence-electron chi connectivity index (χ0n) is 37.4. The number of hydrogen-bond acceptors (Lipinski definition) is 5. The topological polar surface area (TPSA) is 56.6 Å². The average molecular weight is 830 g/mol. The summed E-state index contributed by atoms with van der Waals surface area (Å²) in [6.45, 7) is 17.2. The molecule has 0 radical (unpaired) electrons. The molecule has 0 saturated heterocycles. The number of fused-ring (bicyclic) bond motifs is 8. The first kappa shape index (κ1) is 39.1. The van der Waals surface area contributed by atoms with Crippen LogP contribution in [0.3, 0.4) is 0 Å². The summed E-state index contributed by atoms with van der Waals surface area (Å²) >= 11 is 0. The molecule has 0 aliphatic heterocycles. The van der Waals surface area contributed by atoms with Gasteiger partial charge in [-0.15, -0.1) is 0 Å². The molecule has 0 spiro atoms. The van der Waals surface area contributed by atoms with E-state index in [-0.39, 0.29) is 0 Å². The van der Waals surface area contributed by atoms with Crippen LogP contribution in [0.1, 0.15) is 50.1 Å².